The summed E-state index contributed by atoms with van der Waals surface area (Å²) >= 11 is 0. The summed E-state index contributed by atoms with van der Waals surface area (Å²) in [6.07, 6.45) is 2.13. The standard InChI is InChI=1S/C24H33N3O4S/c1-5-20-15-11-12-16-22(20)27(32(4,30)31)18-23(28)26(17-19-13-9-8-10-14-19)21(6-2)24(29)25-7-3/h8-16,21H,5-7,17-18H2,1-4H3,(H,25,29)/t21-/m1/s1. The minimum Gasteiger partial charge on any atom is -0.355 e. The molecule has 174 valence electrons. The van der Waals surface area contributed by atoms with Gasteiger partial charge in [0.2, 0.25) is 21.8 Å². The van der Waals surface area contributed by atoms with Crippen LogP contribution >= 0.6 is 0 Å². The van der Waals surface area contributed by atoms with Gasteiger partial charge in [-0.2, -0.15) is 0 Å². The van der Waals surface area contributed by atoms with E-state index in [2.05, 4.69) is 5.32 Å². The number of hydrogen-bond donors (Lipinski definition) is 1. The molecular formula is C24H33N3O4S. The number of hydrogen-bond acceptors (Lipinski definition) is 4. The number of amides is 2. The summed E-state index contributed by atoms with van der Waals surface area (Å²) in [7, 11) is -3.73. The average Bonchev–Trinajstić information content (AvgIpc) is 2.77. The van der Waals surface area contributed by atoms with Crippen molar-refractivity contribution in [2.75, 3.05) is 23.7 Å². The zero-order chi connectivity index (χ0) is 23.7. The van der Waals surface area contributed by atoms with Gasteiger partial charge in [-0.15, -0.1) is 0 Å². The molecule has 0 aliphatic rings. The van der Waals surface area contributed by atoms with Crippen molar-refractivity contribution in [2.24, 2.45) is 0 Å². The van der Waals surface area contributed by atoms with E-state index in [1.807, 2.05) is 63.2 Å². The molecule has 0 bridgehead atoms. The largest absolute Gasteiger partial charge is 0.355 e. The van der Waals surface area contributed by atoms with Crippen LogP contribution in [0.4, 0.5) is 5.69 Å². The van der Waals surface area contributed by atoms with Crippen molar-refractivity contribution in [3.05, 3.63) is 65.7 Å². The van der Waals surface area contributed by atoms with Crippen LogP contribution in [0.1, 0.15) is 38.3 Å². The van der Waals surface area contributed by atoms with Crippen LogP contribution in [-0.4, -0.2) is 50.5 Å². The molecule has 0 aliphatic carbocycles. The van der Waals surface area contributed by atoms with Crippen LogP contribution in [0, 0.1) is 0 Å². The van der Waals surface area contributed by atoms with E-state index < -0.39 is 22.0 Å². The van der Waals surface area contributed by atoms with Gasteiger partial charge in [-0.25, -0.2) is 8.42 Å². The molecule has 0 aromatic heterocycles. The van der Waals surface area contributed by atoms with Crippen LogP contribution in [-0.2, 0) is 32.6 Å². The first-order valence-electron chi connectivity index (χ1n) is 10.9. The van der Waals surface area contributed by atoms with E-state index in [0.717, 1.165) is 21.7 Å². The topological polar surface area (TPSA) is 86.8 Å². The van der Waals surface area contributed by atoms with Crippen LogP contribution in [0.15, 0.2) is 54.6 Å². The van der Waals surface area contributed by atoms with E-state index in [9.17, 15) is 18.0 Å². The molecule has 0 radical (unpaired) electrons. The van der Waals surface area contributed by atoms with Gasteiger partial charge in [0.25, 0.3) is 0 Å². The summed E-state index contributed by atoms with van der Waals surface area (Å²) in [5, 5.41) is 2.79. The number of aryl methyl sites for hydroxylation is 1. The Labute approximate surface area is 191 Å². The number of benzene rings is 2. The molecule has 32 heavy (non-hydrogen) atoms. The molecule has 0 saturated carbocycles. The lowest BCUT2D eigenvalue weighted by Gasteiger charge is -2.33. The van der Waals surface area contributed by atoms with Crippen molar-refractivity contribution in [2.45, 2.75) is 46.2 Å². The van der Waals surface area contributed by atoms with Gasteiger partial charge in [-0.05, 0) is 37.0 Å². The average molecular weight is 460 g/mol. The Morgan fingerprint density at radius 1 is 0.969 bits per heavy atom. The number of nitrogens with one attached hydrogen (secondary N) is 1. The molecule has 0 fully saturated rings. The lowest BCUT2D eigenvalue weighted by molar-refractivity contribution is -0.140. The highest BCUT2D eigenvalue weighted by Crippen LogP contribution is 2.24. The first kappa shape index (κ1) is 25.4. The number of para-hydroxylation sites is 1. The van der Waals surface area contributed by atoms with Crippen molar-refractivity contribution in [1.29, 1.82) is 0 Å². The maximum Gasteiger partial charge on any atom is 0.244 e. The molecule has 0 unspecified atom stereocenters. The van der Waals surface area contributed by atoms with Gasteiger partial charge < -0.3 is 10.2 Å². The quantitative estimate of drug-likeness (QED) is 0.560. The van der Waals surface area contributed by atoms with E-state index in [4.69, 9.17) is 0 Å². The number of anilines is 1. The highest BCUT2D eigenvalue weighted by Gasteiger charge is 2.31. The molecule has 2 amide bonds. The number of rotatable bonds is 11. The summed E-state index contributed by atoms with van der Waals surface area (Å²) in [6, 6.07) is 15.8. The molecule has 2 rings (SSSR count). The molecule has 1 atom stereocenters. The Morgan fingerprint density at radius 3 is 2.16 bits per heavy atom. The predicted molar refractivity (Wildman–Crippen MR) is 128 cm³/mol. The van der Waals surface area contributed by atoms with Crippen molar-refractivity contribution in [1.82, 2.24) is 10.2 Å². The Bertz CT molecular complexity index is 1010. The molecule has 2 aromatic carbocycles. The zero-order valence-corrected chi connectivity index (χ0v) is 20.1. The van der Waals surface area contributed by atoms with Crippen LogP contribution in [0.5, 0.6) is 0 Å². The third-order valence-electron chi connectivity index (χ3n) is 5.25. The molecule has 1 N–H and O–H groups in total. The lowest BCUT2D eigenvalue weighted by atomic mass is 10.1. The zero-order valence-electron chi connectivity index (χ0n) is 19.2. The molecule has 0 aliphatic heterocycles. The van der Waals surface area contributed by atoms with Crippen molar-refractivity contribution < 1.29 is 18.0 Å². The fourth-order valence-electron chi connectivity index (χ4n) is 3.64. The second-order valence-electron chi connectivity index (χ2n) is 7.58. The minimum atomic E-state index is -3.73. The summed E-state index contributed by atoms with van der Waals surface area (Å²) in [6.45, 7) is 5.88. The predicted octanol–water partition coefficient (Wildman–Crippen LogP) is 2.96. The molecule has 0 spiro atoms. The molecule has 0 heterocycles. The molecular weight excluding hydrogens is 426 g/mol. The summed E-state index contributed by atoms with van der Waals surface area (Å²) in [5.41, 5.74) is 2.18. The number of carbonyl (C=O) groups is 2. The number of sulfonamides is 1. The van der Waals surface area contributed by atoms with E-state index >= 15 is 0 Å². The SMILES string of the molecule is CCNC(=O)[C@@H](CC)N(Cc1ccccc1)C(=O)CN(c1ccccc1CC)S(C)(=O)=O. The summed E-state index contributed by atoms with van der Waals surface area (Å²) in [4.78, 5) is 27.7. The number of likely N-dealkylation sites (N-methyl/N-ethyl adjacent to an activating group) is 1. The number of carbonyl (C=O) groups excluding carboxylic acids is 2. The smallest absolute Gasteiger partial charge is 0.244 e. The minimum absolute atomic E-state index is 0.211. The fraction of sp³-hybridized carbons (Fsp3) is 0.417. The van der Waals surface area contributed by atoms with Crippen molar-refractivity contribution in [3.63, 3.8) is 0 Å². The third kappa shape index (κ3) is 6.56. The van der Waals surface area contributed by atoms with E-state index in [1.165, 1.54) is 4.90 Å². The van der Waals surface area contributed by atoms with Gasteiger partial charge in [0.05, 0.1) is 11.9 Å². The third-order valence-corrected chi connectivity index (χ3v) is 6.38. The maximum absolute atomic E-state index is 13.5. The summed E-state index contributed by atoms with van der Waals surface area (Å²) < 4.78 is 26.5. The van der Waals surface area contributed by atoms with Gasteiger partial charge in [-0.3, -0.25) is 13.9 Å². The number of nitrogens with zero attached hydrogens (tertiary/aromatic N) is 2. The Morgan fingerprint density at radius 2 is 1.59 bits per heavy atom. The Hall–Kier alpha value is -2.87. The Balaban J connectivity index is 2.44. The fourth-order valence-corrected chi connectivity index (χ4v) is 4.52. The van der Waals surface area contributed by atoms with Gasteiger partial charge in [-0.1, -0.05) is 62.4 Å². The first-order chi connectivity index (χ1) is 15.2. The van der Waals surface area contributed by atoms with Gasteiger partial charge in [0.15, 0.2) is 0 Å². The van der Waals surface area contributed by atoms with Gasteiger partial charge in [0, 0.05) is 13.1 Å². The molecule has 7 nitrogen and oxygen atoms in total. The molecule has 2 aromatic rings. The van der Waals surface area contributed by atoms with Crippen molar-refractivity contribution in [3.8, 4) is 0 Å². The lowest BCUT2D eigenvalue weighted by Crippen LogP contribution is -2.52. The van der Waals surface area contributed by atoms with Crippen LogP contribution in [0.25, 0.3) is 0 Å². The first-order valence-corrected chi connectivity index (χ1v) is 12.7. The normalized spacial score (nSPS) is 12.1. The van der Waals surface area contributed by atoms with Crippen LogP contribution in [0.3, 0.4) is 0 Å². The highest BCUT2D eigenvalue weighted by molar-refractivity contribution is 7.92. The van der Waals surface area contributed by atoms with E-state index in [0.29, 0.717) is 25.1 Å². The van der Waals surface area contributed by atoms with Crippen LogP contribution in [0.2, 0.25) is 0 Å². The van der Waals surface area contributed by atoms with E-state index in [1.54, 1.807) is 12.1 Å². The molecule has 8 heteroatoms. The monoisotopic (exact) mass is 459 g/mol. The second kappa shape index (κ2) is 11.7. The van der Waals surface area contributed by atoms with Crippen LogP contribution < -0.4 is 9.62 Å². The maximum atomic E-state index is 13.5. The van der Waals surface area contributed by atoms with Gasteiger partial charge in [0.1, 0.15) is 12.6 Å². The second-order valence-corrected chi connectivity index (χ2v) is 9.48. The Kier molecular flexibility index (Phi) is 9.26. The van der Waals surface area contributed by atoms with Gasteiger partial charge >= 0.3 is 0 Å². The summed E-state index contributed by atoms with van der Waals surface area (Å²) in [5.74, 6) is -0.678. The highest BCUT2D eigenvalue weighted by atomic mass is 32.2. The van der Waals surface area contributed by atoms with Crippen molar-refractivity contribution >= 4 is 27.5 Å². The molecule has 0 saturated heterocycles. The van der Waals surface area contributed by atoms with E-state index in [-0.39, 0.29) is 19.0 Å².